The highest BCUT2D eigenvalue weighted by Gasteiger charge is 2.12. The van der Waals surface area contributed by atoms with E-state index in [0.29, 0.717) is 17.9 Å². The molecule has 0 spiro atoms. The zero-order valence-electron chi connectivity index (χ0n) is 10.4. The smallest absolute Gasteiger partial charge is 0.338 e. The lowest BCUT2D eigenvalue weighted by Gasteiger charge is -2.08. The molecule has 2 aromatic rings. The van der Waals surface area contributed by atoms with Gasteiger partial charge in [0.25, 0.3) is 0 Å². The number of carbonyl (C=O) groups is 1. The van der Waals surface area contributed by atoms with Gasteiger partial charge in [-0.05, 0) is 25.1 Å². The molecule has 0 radical (unpaired) electrons. The molecule has 0 aliphatic carbocycles. The fraction of sp³-hybridized carbons (Fsp3) is 0.308. The molecule has 0 fully saturated rings. The molecule has 2 rings (SSSR count). The van der Waals surface area contributed by atoms with Crippen molar-refractivity contribution in [2.45, 2.75) is 6.92 Å². The molecule has 5 heteroatoms. The summed E-state index contributed by atoms with van der Waals surface area (Å²) in [6, 6.07) is 5.29. The number of esters is 1. The number of rotatable bonds is 5. The normalized spacial score (nSPS) is 10.6. The average molecular weight is 249 g/mol. The van der Waals surface area contributed by atoms with Gasteiger partial charge in [-0.3, -0.25) is 0 Å². The third-order valence-electron chi connectivity index (χ3n) is 2.47. The average Bonchev–Trinajstić information content (AvgIpc) is 2.84. The third-order valence-corrected chi connectivity index (χ3v) is 2.47. The first-order chi connectivity index (χ1) is 8.76. The van der Waals surface area contributed by atoms with Gasteiger partial charge in [0.2, 0.25) is 0 Å². The Kier molecular flexibility index (Phi) is 3.84. The molecule has 1 aromatic heterocycles. The van der Waals surface area contributed by atoms with Gasteiger partial charge in [0.05, 0.1) is 12.2 Å². The first kappa shape index (κ1) is 12.4. The fourth-order valence-electron chi connectivity index (χ4n) is 1.71. The Morgan fingerprint density at radius 1 is 1.39 bits per heavy atom. The van der Waals surface area contributed by atoms with Crippen molar-refractivity contribution >= 4 is 16.9 Å². The number of H-pyrrole nitrogens is 1. The second kappa shape index (κ2) is 5.55. The molecule has 0 amide bonds. The molecule has 5 nitrogen and oxygen atoms in total. The summed E-state index contributed by atoms with van der Waals surface area (Å²) in [4.78, 5) is 14.8. The number of nitrogens with one attached hydrogen (secondary N) is 1. The van der Waals surface area contributed by atoms with Crippen LogP contribution in [0.2, 0.25) is 0 Å². The van der Waals surface area contributed by atoms with Crippen molar-refractivity contribution < 1.29 is 19.0 Å². The Balaban J connectivity index is 2.39. The van der Waals surface area contributed by atoms with E-state index in [1.54, 1.807) is 32.4 Å². The van der Waals surface area contributed by atoms with E-state index in [1.807, 2.05) is 6.07 Å². The van der Waals surface area contributed by atoms with Gasteiger partial charge in [-0.2, -0.15) is 0 Å². The number of fused-ring (bicyclic) bond motifs is 1. The highest BCUT2D eigenvalue weighted by Crippen LogP contribution is 2.27. The lowest BCUT2D eigenvalue weighted by Crippen LogP contribution is -2.06. The number of hydrogen-bond donors (Lipinski definition) is 1. The monoisotopic (exact) mass is 249 g/mol. The molecule has 0 aliphatic rings. The van der Waals surface area contributed by atoms with Crippen LogP contribution in [0.3, 0.4) is 0 Å². The lowest BCUT2D eigenvalue weighted by atomic mass is 10.1. The van der Waals surface area contributed by atoms with E-state index in [1.165, 1.54) is 0 Å². The van der Waals surface area contributed by atoms with Crippen LogP contribution in [0.15, 0.2) is 24.4 Å². The largest absolute Gasteiger partial charge is 0.467 e. The van der Waals surface area contributed by atoms with Crippen molar-refractivity contribution in [3.8, 4) is 5.75 Å². The highest BCUT2D eigenvalue weighted by molar-refractivity contribution is 5.97. The second-order valence-electron chi connectivity index (χ2n) is 3.68. The molecule has 1 N–H and O–H groups in total. The van der Waals surface area contributed by atoms with Crippen molar-refractivity contribution in [3.63, 3.8) is 0 Å². The minimum atomic E-state index is -0.365. The van der Waals surface area contributed by atoms with Crippen molar-refractivity contribution in [3.05, 3.63) is 30.0 Å². The van der Waals surface area contributed by atoms with Crippen LogP contribution in [-0.2, 0) is 9.47 Å². The molecule has 18 heavy (non-hydrogen) atoms. The summed E-state index contributed by atoms with van der Waals surface area (Å²) in [5.41, 5.74) is 1.28. The maximum Gasteiger partial charge on any atom is 0.338 e. The number of aromatic nitrogens is 1. The van der Waals surface area contributed by atoms with E-state index >= 15 is 0 Å². The highest BCUT2D eigenvalue weighted by atomic mass is 16.7. The summed E-state index contributed by atoms with van der Waals surface area (Å²) in [5, 5.41) is 0.903. The Hall–Kier alpha value is -2.01. The van der Waals surface area contributed by atoms with Crippen LogP contribution >= 0.6 is 0 Å². The van der Waals surface area contributed by atoms with Crippen molar-refractivity contribution in [2.24, 2.45) is 0 Å². The Morgan fingerprint density at radius 3 is 2.94 bits per heavy atom. The zero-order valence-corrected chi connectivity index (χ0v) is 10.4. The van der Waals surface area contributed by atoms with Crippen LogP contribution in [0.5, 0.6) is 5.75 Å². The van der Waals surface area contributed by atoms with E-state index in [2.05, 4.69) is 4.98 Å². The molecular formula is C13H15NO4. The molecular weight excluding hydrogens is 234 g/mol. The Labute approximate surface area is 105 Å². The van der Waals surface area contributed by atoms with Gasteiger partial charge in [-0.1, -0.05) is 0 Å². The Morgan fingerprint density at radius 2 is 2.22 bits per heavy atom. The van der Waals surface area contributed by atoms with E-state index < -0.39 is 0 Å². The standard InChI is InChI=1S/C13H15NO4/c1-3-17-13(15)9-6-11-10(4-5-14-11)12(7-9)18-8-16-2/h4-7,14H,3,8H2,1-2H3. The predicted molar refractivity (Wildman–Crippen MR) is 66.8 cm³/mol. The molecule has 0 atom stereocenters. The molecule has 0 bridgehead atoms. The lowest BCUT2D eigenvalue weighted by molar-refractivity contribution is 0.0498. The van der Waals surface area contributed by atoms with Gasteiger partial charge < -0.3 is 19.2 Å². The topological polar surface area (TPSA) is 60.6 Å². The molecule has 0 saturated heterocycles. The summed E-state index contributed by atoms with van der Waals surface area (Å²) >= 11 is 0. The van der Waals surface area contributed by atoms with Gasteiger partial charge in [0, 0.05) is 24.2 Å². The molecule has 1 heterocycles. The fourth-order valence-corrected chi connectivity index (χ4v) is 1.71. The van der Waals surface area contributed by atoms with Crippen LogP contribution in [0.25, 0.3) is 10.9 Å². The number of ether oxygens (including phenoxy) is 3. The molecule has 0 saturated carbocycles. The summed E-state index contributed by atoms with van der Waals surface area (Å²) in [6.07, 6.45) is 1.79. The van der Waals surface area contributed by atoms with E-state index in [9.17, 15) is 4.79 Å². The van der Waals surface area contributed by atoms with Crippen LogP contribution < -0.4 is 4.74 Å². The van der Waals surface area contributed by atoms with E-state index in [0.717, 1.165) is 10.9 Å². The van der Waals surface area contributed by atoms with Gasteiger partial charge >= 0.3 is 5.97 Å². The summed E-state index contributed by atoms with van der Waals surface area (Å²) in [6.45, 7) is 2.25. The molecule has 96 valence electrons. The Bertz CT molecular complexity index is 547. The quantitative estimate of drug-likeness (QED) is 0.652. The first-order valence-electron chi connectivity index (χ1n) is 5.66. The number of hydrogen-bond acceptors (Lipinski definition) is 4. The van der Waals surface area contributed by atoms with E-state index in [-0.39, 0.29) is 12.8 Å². The maximum absolute atomic E-state index is 11.7. The number of benzene rings is 1. The summed E-state index contributed by atoms with van der Waals surface area (Å²) < 4.78 is 15.3. The van der Waals surface area contributed by atoms with Crippen LogP contribution in [0, 0.1) is 0 Å². The van der Waals surface area contributed by atoms with Crippen molar-refractivity contribution in [2.75, 3.05) is 20.5 Å². The van der Waals surface area contributed by atoms with Crippen LogP contribution in [0.4, 0.5) is 0 Å². The second-order valence-corrected chi connectivity index (χ2v) is 3.68. The van der Waals surface area contributed by atoms with Crippen LogP contribution in [0.1, 0.15) is 17.3 Å². The van der Waals surface area contributed by atoms with Gasteiger partial charge in [-0.25, -0.2) is 4.79 Å². The number of aromatic amines is 1. The minimum absolute atomic E-state index is 0.132. The summed E-state index contributed by atoms with van der Waals surface area (Å²) in [7, 11) is 1.55. The van der Waals surface area contributed by atoms with Crippen molar-refractivity contribution in [1.82, 2.24) is 4.98 Å². The SMILES string of the molecule is CCOC(=O)c1cc(OCOC)c2cc[nH]c2c1. The zero-order chi connectivity index (χ0) is 13.0. The molecule has 1 aromatic carbocycles. The molecule has 0 unspecified atom stereocenters. The summed E-state index contributed by atoms with van der Waals surface area (Å²) in [5.74, 6) is 0.231. The van der Waals surface area contributed by atoms with Gasteiger partial charge in [0.1, 0.15) is 5.75 Å². The number of carbonyl (C=O) groups excluding carboxylic acids is 1. The van der Waals surface area contributed by atoms with Crippen molar-refractivity contribution in [1.29, 1.82) is 0 Å². The van der Waals surface area contributed by atoms with Gasteiger partial charge in [-0.15, -0.1) is 0 Å². The first-order valence-corrected chi connectivity index (χ1v) is 5.66. The third kappa shape index (κ3) is 2.46. The van der Waals surface area contributed by atoms with Gasteiger partial charge in [0.15, 0.2) is 6.79 Å². The molecule has 0 aliphatic heterocycles. The van der Waals surface area contributed by atoms with Crippen LogP contribution in [-0.4, -0.2) is 31.5 Å². The predicted octanol–water partition coefficient (Wildman–Crippen LogP) is 2.33. The number of methoxy groups -OCH3 is 1. The minimum Gasteiger partial charge on any atom is -0.467 e. The van der Waals surface area contributed by atoms with E-state index in [4.69, 9.17) is 14.2 Å². The maximum atomic E-state index is 11.7.